The number of fused-ring (bicyclic) bond motifs is 6. The predicted octanol–water partition coefficient (Wildman–Crippen LogP) is 13.0. The Labute approximate surface area is 344 Å². The summed E-state index contributed by atoms with van der Waals surface area (Å²) in [5.41, 5.74) is 12.7. The summed E-state index contributed by atoms with van der Waals surface area (Å²) in [7, 11) is 0. The van der Waals surface area contributed by atoms with Crippen LogP contribution in [-0.4, -0.2) is 14.1 Å². The summed E-state index contributed by atoms with van der Waals surface area (Å²) in [6.45, 7) is 15.2. The molecule has 0 N–H and O–H groups in total. The fraction of sp³-hybridized carbons (Fsp3) is 0. The molecule has 3 heterocycles. The fourth-order valence-corrected chi connectivity index (χ4v) is 8.44. The Morgan fingerprint density at radius 2 is 1.03 bits per heavy atom. The Bertz CT molecular complexity index is 3620. The van der Waals surface area contributed by atoms with Gasteiger partial charge in [-0.15, -0.1) is 0 Å². The first-order valence-electron chi connectivity index (χ1n) is 18.9. The molecule has 10 rings (SSSR count). The Morgan fingerprint density at radius 1 is 0.467 bits per heavy atom. The SMILES string of the molecule is [C-]#[N+]c1cc([N+]#[C-])cc(-c2ccc3c(c2)c2ccccc2n3-c2ccncc2-c2cc(-n3c4ccccc4c4cc(-c5cc(C#N)cc(C#N)c5)ccc43)ccc2C#N)c1. The van der Waals surface area contributed by atoms with E-state index in [-0.39, 0.29) is 0 Å². The molecule has 8 heteroatoms. The zero-order valence-corrected chi connectivity index (χ0v) is 31.6. The van der Waals surface area contributed by atoms with Crippen LogP contribution in [0.25, 0.3) is 98.1 Å². The van der Waals surface area contributed by atoms with E-state index < -0.39 is 0 Å². The van der Waals surface area contributed by atoms with E-state index in [4.69, 9.17) is 13.1 Å². The van der Waals surface area contributed by atoms with E-state index >= 15 is 0 Å². The molecule has 8 nitrogen and oxygen atoms in total. The number of nitriles is 3. The minimum absolute atomic E-state index is 0.418. The molecule has 0 saturated carbocycles. The molecule has 3 aromatic heterocycles. The highest BCUT2D eigenvalue weighted by Crippen LogP contribution is 2.41. The van der Waals surface area contributed by atoms with Crippen molar-refractivity contribution in [1.82, 2.24) is 14.1 Å². The molecule has 0 fully saturated rings. The lowest BCUT2D eigenvalue weighted by Crippen LogP contribution is -2.01. The molecule has 0 amide bonds. The molecular weight excluding hydrogens is 737 g/mol. The monoisotopic (exact) mass is 762 g/mol. The second kappa shape index (κ2) is 14.0. The summed E-state index contributed by atoms with van der Waals surface area (Å²) >= 11 is 0. The maximum Gasteiger partial charge on any atom is 0.177 e. The van der Waals surface area contributed by atoms with E-state index in [1.807, 2.05) is 72.9 Å². The largest absolute Gasteiger partial charge is 0.309 e. The lowest BCUT2D eigenvalue weighted by Gasteiger charge is -2.16. The van der Waals surface area contributed by atoms with Gasteiger partial charge in [-0.1, -0.05) is 66.7 Å². The quantitative estimate of drug-likeness (QED) is 0.163. The van der Waals surface area contributed by atoms with Crippen molar-refractivity contribution >= 4 is 55.0 Å². The molecule has 274 valence electrons. The Morgan fingerprint density at radius 3 is 1.63 bits per heavy atom. The first kappa shape index (κ1) is 35.2. The maximum absolute atomic E-state index is 10.6. The van der Waals surface area contributed by atoms with Crippen LogP contribution in [0, 0.1) is 47.1 Å². The predicted molar refractivity (Wildman–Crippen MR) is 236 cm³/mol. The standard InChI is InChI=1S/C52H26N8/c1-56-39-22-38(23-40(26-39)57-2)35-13-16-51-46(25-35)43-8-4-6-10-49(43)60(51)52-17-18-58-31-47(52)44-27-41(14-11-36(44)30-55)59-48-9-5-3-7-42(48)45-24-34(12-15-50(45)59)37-20-32(28-53)19-33(21-37)29-54/h3-27,31H. The minimum atomic E-state index is 0.418. The molecular formula is C52H26N8. The van der Waals surface area contributed by atoms with E-state index in [9.17, 15) is 15.8 Å². The van der Waals surface area contributed by atoms with Crippen molar-refractivity contribution in [3.63, 3.8) is 0 Å². The van der Waals surface area contributed by atoms with Crippen molar-refractivity contribution in [2.75, 3.05) is 0 Å². The first-order valence-corrected chi connectivity index (χ1v) is 18.9. The summed E-state index contributed by atoms with van der Waals surface area (Å²) in [5.74, 6) is 0. The third-order valence-electron chi connectivity index (χ3n) is 11.1. The smallest absolute Gasteiger partial charge is 0.177 e. The van der Waals surface area contributed by atoms with Gasteiger partial charge in [0.1, 0.15) is 0 Å². The highest BCUT2D eigenvalue weighted by atomic mass is 15.0. The molecule has 0 spiro atoms. The molecule has 0 radical (unpaired) electrons. The van der Waals surface area contributed by atoms with Crippen LogP contribution in [0.4, 0.5) is 11.4 Å². The van der Waals surface area contributed by atoms with Gasteiger partial charge in [0.2, 0.25) is 0 Å². The first-order chi connectivity index (χ1) is 29.5. The topological polar surface area (TPSA) is 103 Å². The molecule has 0 saturated heterocycles. The summed E-state index contributed by atoms with van der Waals surface area (Å²) in [6, 6.07) is 53.9. The normalized spacial score (nSPS) is 10.9. The van der Waals surface area contributed by atoms with Crippen molar-refractivity contribution < 1.29 is 0 Å². The van der Waals surface area contributed by atoms with Gasteiger partial charge in [0.05, 0.1) is 75.8 Å². The highest BCUT2D eigenvalue weighted by molar-refractivity contribution is 6.12. The number of hydrogen-bond donors (Lipinski definition) is 0. The molecule has 0 atom stereocenters. The third-order valence-corrected chi connectivity index (χ3v) is 11.1. The van der Waals surface area contributed by atoms with E-state index in [0.717, 1.165) is 88.4 Å². The number of para-hydroxylation sites is 2. The zero-order valence-electron chi connectivity index (χ0n) is 31.6. The number of benzene rings is 7. The van der Waals surface area contributed by atoms with Gasteiger partial charge in [-0.05, 0) is 101 Å². The second-order valence-corrected chi connectivity index (χ2v) is 14.4. The molecule has 0 aliphatic heterocycles. The molecule has 10 aromatic rings. The molecule has 0 unspecified atom stereocenters. The third kappa shape index (κ3) is 5.61. The van der Waals surface area contributed by atoms with E-state index in [1.165, 1.54) is 0 Å². The van der Waals surface area contributed by atoms with Crippen molar-refractivity contribution in [2.45, 2.75) is 0 Å². The Kier molecular flexibility index (Phi) is 8.23. The number of nitrogens with zero attached hydrogens (tertiary/aromatic N) is 8. The van der Waals surface area contributed by atoms with Gasteiger partial charge in [0.15, 0.2) is 11.4 Å². The van der Waals surface area contributed by atoms with Crippen LogP contribution in [0.5, 0.6) is 0 Å². The minimum Gasteiger partial charge on any atom is -0.309 e. The number of aromatic nitrogens is 3. The Balaban J connectivity index is 1.16. The van der Waals surface area contributed by atoms with Crippen molar-refractivity contribution in [2.24, 2.45) is 0 Å². The molecule has 7 aromatic carbocycles. The second-order valence-electron chi connectivity index (χ2n) is 14.4. The van der Waals surface area contributed by atoms with Crippen LogP contribution in [0.1, 0.15) is 16.7 Å². The van der Waals surface area contributed by atoms with E-state index in [0.29, 0.717) is 28.1 Å². The van der Waals surface area contributed by atoms with Crippen LogP contribution in [0.2, 0.25) is 0 Å². The van der Waals surface area contributed by atoms with Gasteiger partial charge >= 0.3 is 0 Å². The van der Waals surface area contributed by atoms with Gasteiger partial charge in [0, 0.05) is 50.8 Å². The summed E-state index contributed by atoms with van der Waals surface area (Å²) in [5, 5.41) is 34.0. The fourth-order valence-electron chi connectivity index (χ4n) is 8.44. The lowest BCUT2D eigenvalue weighted by molar-refractivity contribution is 1.15. The van der Waals surface area contributed by atoms with E-state index in [2.05, 4.69) is 96.6 Å². The van der Waals surface area contributed by atoms with Gasteiger partial charge in [-0.25, -0.2) is 9.69 Å². The van der Waals surface area contributed by atoms with Gasteiger partial charge in [-0.3, -0.25) is 4.98 Å². The lowest BCUT2D eigenvalue weighted by atomic mass is 9.98. The number of pyridine rings is 1. The molecule has 0 aliphatic carbocycles. The van der Waals surface area contributed by atoms with Crippen LogP contribution in [0.15, 0.2) is 158 Å². The summed E-state index contributed by atoms with van der Waals surface area (Å²) < 4.78 is 4.41. The van der Waals surface area contributed by atoms with Crippen LogP contribution in [-0.2, 0) is 0 Å². The zero-order chi connectivity index (χ0) is 40.9. The van der Waals surface area contributed by atoms with Crippen LogP contribution in [0.3, 0.4) is 0 Å². The Hall–Kier alpha value is -9.26. The summed E-state index contributed by atoms with van der Waals surface area (Å²) in [4.78, 5) is 11.8. The number of rotatable bonds is 5. The van der Waals surface area contributed by atoms with Crippen molar-refractivity contribution in [3.8, 4) is 63.0 Å². The highest BCUT2D eigenvalue weighted by Gasteiger charge is 2.20. The van der Waals surface area contributed by atoms with Crippen LogP contribution < -0.4 is 0 Å². The van der Waals surface area contributed by atoms with Crippen molar-refractivity contribution in [3.05, 3.63) is 198 Å². The van der Waals surface area contributed by atoms with Crippen LogP contribution >= 0.6 is 0 Å². The molecule has 60 heavy (non-hydrogen) atoms. The van der Waals surface area contributed by atoms with Crippen molar-refractivity contribution in [1.29, 1.82) is 15.8 Å². The van der Waals surface area contributed by atoms with E-state index in [1.54, 1.807) is 30.5 Å². The average molecular weight is 763 g/mol. The van der Waals surface area contributed by atoms with Gasteiger partial charge in [-0.2, -0.15) is 15.8 Å². The molecule has 0 bridgehead atoms. The maximum atomic E-state index is 10.6. The average Bonchev–Trinajstić information content (AvgIpc) is 3.83. The number of hydrogen-bond acceptors (Lipinski definition) is 4. The summed E-state index contributed by atoms with van der Waals surface area (Å²) in [6.07, 6.45) is 3.58. The van der Waals surface area contributed by atoms with Gasteiger partial charge < -0.3 is 9.13 Å². The molecule has 0 aliphatic rings. The van der Waals surface area contributed by atoms with Gasteiger partial charge in [0.25, 0.3) is 0 Å².